The van der Waals surface area contributed by atoms with E-state index in [9.17, 15) is 14.9 Å². The van der Waals surface area contributed by atoms with Crippen LogP contribution in [0.15, 0.2) is 46.3 Å². The van der Waals surface area contributed by atoms with E-state index < -0.39 is 4.92 Å². The normalized spacial score (nSPS) is 11.5. The summed E-state index contributed by atoms with van der Waals surface area (Å²) in [7, 11) is 0. The summed E-state index contributed by atoms with van der Waals surface area (Å²) in [4.78, 5) is 24.2. The topological polar surface area (TPSA) is 83.6 Å². The van der Waals surface area contributed by atoms with Crippen LogP contribution < -0.4 is 15.0 Å². The fourth-order valence-corrected chi connectivity index (χ4v) is 3.75. The lowest BCUT2D eigenvalue weighted by Gasteiger charge is -2.17. The molecule has 0 spiro atoms. The average Bonchev–Trinajstić information content (AvgIpc) is 2.79. The van der Waals surface area contributed by atoms with Crippen LogP contribution >= 0.6 is 0 Å². The molecule has 0 unspecified atom stereocenters. The van der Waals surface area contributed by atoms with Gasteiger partial charge in [0.25, 0.3) is 11.2 Å². The Balaban J connectivity index is 2.41. The van der Waals surface area contributed by atoms with Crippen molar-refractivity contribution < 1.29 is 14.4 Å². The van der Waals surface area contributed by atoms with Crippen molar-refractivity contribution in [2.24, 2.45) is 0 Å². The minimum Gasteiger partial charge on any atom is -0.489 e. The molecule has 0 aliphatic carbocycles. The molecule has 1 aromatic carbocycles. The van der Waals surface area contributed by atoms with E-state index in [0.717, 1.165) is 38.5 Å². The molecule has 2 rings (SSSR count). The van der Waals surface area contributed by atoms with Crippen LogP contribution in [-0.4, -0.2) is 22.7 Å². The van der Waals surface area contributed by atoms with Crippen LogP contribution in [0.5, 0.6) is 11.5 Å². The molecule has 0 saturated heterocycles. The van der Waals surface area contributed by atoms with Gasteiger partial charge in [-0.25, -0.2) is 0 Å². The molecule has 0 N–H and O–H groups in total. The van der Waals surface area contributed by atoms with Gasteiger partial charge in [0, 0.05) is 24.1 Å². The van der Waals surface area contributed by atoms with Crippen molar-refractivity contribution in [3.05, 3.63) is 62.0 Å². The Morgan fingerprint density at radius 2 is 1.82 bits per heavy atom. The maximum absolute atomic E-state index is 13.3. The van der Waals surface area contributed by atoms with Gasteiger partial charge in [0.05, 0.1) is 17.0 Å². The third kappa shape index (κ3) is 7.47. The zero-order chi connectivity index (χ0) is 25.1. The SMILES string of the molecule is CCCCCCOc1c(OCC=C(C)CCC=C(C)C)c(=O)n(CC)c2cc([N+](=O)[O-])ccc12. The lowest BCUT2D eigenvalue weighted by molar-refractivity contribution is -0.384. The number of non-ortho nitro benzene ring substituents is 1. The van der Waals surface area contributed by atoms with Gasteiger partial charge in [-0.2, -0.15) is 0 Å². The predicted molar refractivity (Wildman–Crippen MR) is 138 cm³/mol. The zero-order valence-electron chi connectivity index (χ0n) is 21.2. The zero-order valence-corrected chi connectivity index (χ0v) is 21.2. The highest BCUT2D eigenvalue weighted by atomic mass is 16.6. The molecule has 1 aromatic heterocycles. The number of aromatic nitrogens is 1. The van der Waals surface area contributed by atoms with Crippen molar-refractivity contribution in [2.45, 2.75) is 79.7 Å². The third-order valence-corrected chi connectivity index (χ3v) is 5.68. The molecular weight excluding hydrogens is 432 g/mol. The fraction of sp³-hybridized carbons (Fsp3) is 0.519. The smallest absolute Gasteiger partial charge is 0.297 e. The van der Waals surface area contributed by atoms with Crippen LogP contribution in [0.3, 0.4) is 0 Å². The monoisotopic (exact) mass is 470 g/mol. The summed E-state index contributed by atoms with van der Waals surface area (Å²) in [6.07, 6.45) is 10.2. The molecule has 0 saturated carbocycles. The van der Waals surface area contributed by atoms with E-state index >= 15 is 0 Å². The molecule has 2 aromatic rings. The average molecular weight is 471 g/mol. The van der Waals surface area contributed by atoms with Crippen LogP contribution in [0.4, 0.5) is 5.69 Å². The first kappa shape index (κ1) is 27.2. The molecule has 0 fully saturated rings. The van der Waals surface area contributed by atoms with Crippen molar-refractivity contribution in [3.8, 4) is 11.5 Å². The molecule has 0 radical (unpaired) electrons. The van der Waals surface area contributed by atoms with E-state index in [1.165, 1.54) is 27.8 Å². The van der Waals surface area contributed by atoms with Crippen molar-refractivity contribution in [3.63, 3.8) is 0 Å². The van der Waals surface area contributed by atoms with Crippen molar-refractivity contribution in [1.29, 1.82) is 0 Å². The van der Waals surface area contributed by atoms with Crippen molar-refractivity contribution in [2.75, 3.05) is 13.2 Å². The van der Waals surface area contributed by atoms with Crippen LogP contribution in [-0.2, 0) is 6.54 Å². The van der Waals surface area contributed by atoms with Gasteiger partial charge in [0.1, 0.15) is 6.61 Å². The Bertz CT molecular complexity index is 1090. The Labute approximate surface area is 202 Å². The van der Waals surface area contributed by atoms with Gasteiger partial charge in [0.2, 0.25) is 5.75 Å². The molecule has 0 atom stereocenters. The number of fused-ring (bicyclic) bond motifs is 1. The number of aryl methyl sites for hydroxylation is 1. The van der Waals surface area contributed by atoms with E-state index in [2.05, 4.69) is 33.8 Å². The first-order chi connectivity index (χ1) is 16.3. The lowest BCUT2D eigenvalue weighted by atomic mass is 10.1. The van der Waals surface area contributed by atoms with Gasteiger partial charge in [-0.15, -0.1) is 0 Å². The number of rotatable bonds is 14. The first-order valence-electron chi connectivity index (χ1n) is 12.2. The van der Waals surface area contributed by atoms with Crippen LogP contribution in [0.2, 0.25) is 0 Å². The Kier molecular flexibility index (Phi) is 10.8. The van der Waals surface area contributed by atoms with Crippen LogP contribution in [0, 0.1) is 10.1 Å². The molecule has 7 nitrogen and oxygen atoms in total. The fourth-order valence-electron chi connectivity index (χ4n) is 3.75. The Hall–Kier alpha value is -3.09. The largest absolute Gasteiger partial charge is 0.489 e. The molecule has 7 heteroatoms. The summed E-state index contributed by atoms with van der Waals surface area (Å²) in [6.45, 7) is 11.3. The standard InChI is InChI=1S/C27H38N2O5/c1-6-8-9-10-17-33-25-23-15-14-22(29(31)32)19-24(23)28(7-2)27(30)26(25)34-18-16-21(5)13-11-12-20(3)4/h12,14-16,19H,6-11,13,17-18H2,1-5H3. The van der Waals surface area contributed by atoms with Gasteiger partial charge < -0.3 is 14.0 Å². The second kappa shape index (κ2) is 13.6. The molecule has 1 heterocycles. The molecule has 34 heavy (non-hydrogen) atoms. The highest BCUT2D eigenvalue weighted by Crippen LogP contribution is 2.35. The second-order valence-corrected chi connectivity index (χ2v) is 8.76. The van der Waals surface area contributed by atoms with Gasteiger partial charge in [-0.3, -0.25) is 14.9 Å². The number of pyridine rings is 1. The molecular formula is C27H38N2O5. The minimum absolute atomic E-state index is 0.0633. The highest BCUT2D eigenvalue weighted by Gasteiger charge is 2.21. The van der Waals surface area contributed by atoms with E-state index in [4.69, 9.17) is 9.47 Å². The quantitative estimate of drug-likeness (QED) is 0.129. The number of nitro groups is 1. The predicted octanol–water partition coefficient (Wildman–Crippen LogP) is 6.96. The Morgan fingerprint density at radius 1 is 1.06 bits per heavy atom. The lowest BCUT2D eigenvalue weighted by Crippen LogP contribution is -2.23. The molecule has 0 aliphatic rings. The number of hydrogen-bond acceptors (Lipinski definition) is 5. The number of nitrogens with zero attached hydrogens (tertiary/aromatic N) is 2. The summed E-state index contributed by atoms with van der Waals surface area (Å²) in [5, 5.41) is 12.0. The van der Waals surface area contributed by atoms with Crippen LogP contribution in [0.25, 0.3) is 10.9 Å². The third-order valence-electron chi connectivity index (χ3n) is 5.68. The van der Waals surface area contributed by atoms with E-state index in [0.29, 0.717) is 29.8 Å². The first-order valence-corrected chi connectivity index (χ1v) is 12.2. The Morgan fingerprint density at radius 3 is 2.47 bits per heavy atom. The van der Waals surface area contributed by atoms with Crippen LogP contribution in [0.1, 0.15) is 73.1 Å². The summed E-state index contributed by atoms with van der Waals surface area (Å²) in [5.74, 6) is 0.527. The summed E-state index contributed by atoms with van der Waals surface area (Å²) in [6, 6.07) is 4.52. The van der Waals surface area contributed by atoms with Crippen molar-refractivity contribution in [1.82, 2.24) is 4.57 Å². The number of ether oxygens (including phenoxy) is 2. The number of nitro benzene ring substituents is 1. The number of unbranched alkanes of at least 4 members (excludes halogenated alkanes) is 3. The van der Waals surface area contributed by atoms with Crippen molar-refractivity contribution >= 4 is 16.6 Å². The number of hydrogen-bond donors (Lipinski definition) is 0. The van der Waals surface area contributed by atoms with Gasteiger partial charge >= 0.3 is 0 Å². The van der Waals surface area contributed by atoms with Gasteiger partial charge in [-0.05, 0) is 59.1 Å². The van der Waals surface area contributed by atoms with Gasteiger partial charge in [-0.1, -0.05) is 43.4 Å². The second-order valence-electron chi connectivity index (χ2n) is 8.76. The minimum atomic E-state index is -0.456. The molecule has 0 aliphatic heterocycles. The number of benzene rings is 1. The van der Waals surface area contributed by atoms with E-state index in [1.807, 2.05) is 13.0 Å². The number of allylic oxidation sites excluding steroid dienone is 3. The van der Waals surface area contributed by atoms with Gasteiger partial charge in [0.15, 0.2) is 5.75 Å². The maximum atomic E-state index is 13.3. The maximum Gasteiger partial charge on any atom is 0.297 e. The summed E-state index contributed by atoms with van der Waals surface area (Å²) in [5.41, 5.74) is 2.56. The summed E-state index contributed by atoms with van der Waals surface area (Å²) < 4.78 is 13.6. The van der Waals surface area contributed by atoms with E-state index in [-0.39, 0.29) is 23.6 Å². The molecule has 186 valence electrons. The summed E-state index contributed by atoms with van der Waals surface area (Å²) >= 11 is 0. The highest BCUT2D eigenvalue weighted by molar-refractivity contribution is 5.89. The molecule has 0 amide bonds. The van der Waals surface area contributed by atoms with E-state index in [1.54, 1.807) is 6.07 Å². The molecule has 0 bridgehead atoms.